The zero-order valence-corrected chi connectivity index (χ0v) is 12.8. The zero-order valence-electron chi connectivity index (χ0n) is 12.8. The minimum Gasteiger partial charge on any atom is -0.341 e. The van der Waals surface area contributed by atoms with Crippen LogP contribution in [0.1, 0.15) is 24.8 Å². The molecule has 1 amide bonds. The molecular weight excluding hydrogens is 295 g/mol. The van der Waals surface area contributed by atoms with Crippen molar-refractivity contribution in [3.63, 3.8) is 0 Å². The summed E-state index contributed by atoms with van der Waals surface area (Å²) in [6.45, 7) is 1.95. The van der Waals surface area contributed by atoms with Gasteiger partial charge in [-0.05, 0) is 37.0 Å². The van der Waals surface area contributed by atoms with E-state index in [1.165, 1.54) is 18.6 Å². The number of hydrogen-bond donors (Lipinski definition) is 1. The number of anilines is 2. The smallest absolute Gasteiger partial charge is 0.228 e. The SMILES string of the molecule is O=C(Cc1cccc(F)c1)Nc1cnc(N2CCCCC2)nc1. The van der Waals surface area contributed by atoms with E-state index in [0.29, 0.717) is 17.2 Å². The van der Waals surface area contributed by atoms with Gasteiger partial charge >= 0.3 is 0 Å². The normalized spacial score (nSPS) is 14.6. The zero-order chi connectivity index (χ0) is 16.1. The fourth-order valence-corrected chi connectivity index (χ4v) is 2.68. The minimum absolute atomic E-state index is 0.117. The van der Waals surface area contributed by atoms with Crippen LogP contribution in [0, 0.1) is 5.82 Å². The van der Waals surface area contributed by atoms with E-state index in [-0.39, 0.29) is 18.1 Å². The third kappa shape index (κ3) is 4.25. The van der Waals surface area contributed by atoms with E-state index in [0.717, 1.165) is 25.9 Å². The van der Waals surface area contributed by atoms with Crippen LogP contribution >= 0.6 is 0 Å². The number of amides is 1. The lowest BCUT2D eigenvalue weighted by Crippen LogP contribution is -2.30. The number of rotatable bonds is 4. The van der Waals surface area contributed by atoms with E-state index >= 15 is 0 Å². The van der Waals surface area contributed by atoms with E-state index in [4.69, 9.17) is 0 Å². The van der Waals surface area contributed by atoms with Crippen molar-refractivity contribution in [2.75, 3.05) is 23.3 Å². The Balaban J connectivity index is 1.58. The average Bonchev–Trinajstić information content (AvgIpc) is 2.56. The maximum absolute atomic E-state index is 13.1. The molecule has 0 unspecified atom stereocenters. The van der Waals surface area contributed by atoms with E-state index < -0.39 is 0 Å². The molecule has 23 heavy (non-hydrogen) atoms. The summed E-state index contributed by atoms with van der Waals surface area (Å²) >= 11 is 0. The van der Waals surface area contributed by atoms with Crippen LogP contribution in [0.25, 0.3) is 0 Å². The van der Waals surface area contributed by atoms with Crippen LogP contribution in [0.2, 0.25) is 0 Å². The van der Waals surface area contributed by atoms with Gasteiger partial charge in [0, 0.05) is 13.1 Å². The Bertz CT molecular complexity index is 669. The molecule has 5 nitrogen and oxygen atoms in total. The number of carbonyl (C=O) groups excluding carboxylic acids is 1. The molecule has 0 spiro atoms. The van der Waals surface area contributed by atoms with E-state index in [1.54, 1.807) is 24.5 Å². The van der Waals surface area contributed by atoms with Gasteiger partial charge in [0.15, 0.2) is 0 Å². The predicted octanol–water partition coefficient (Wildman–Crippen LogP) is 2.79. The van der Waals surface area contributed by atoms with Crippen LogP contribution in [0.3, 0.4) is 0 Å². The van der Waals surface area contributed by atoms with Gasteiger partial charge in [-0.1, -0.05) is 12.1 Å². The first-order valence-electron chi connectivity index (χ1n) is 7.82. The molecular formula is C17H19FN4O. The highest BCUT2D eigenvalue weighted by Crippen LogP contribution is 2.16. The van der Waals surface area contributed by atoms with Gasteiger partial charge in [-0.3, -0.25) is 4.79 Å². The highest BCUT2D eigenvalue weighted by molar-refractivity contribution is 5.91. The average molecular weight is 314 g/mol. The Labute approximate surface area is 134 Å². The molecule has 0 aliphatic carbocycles. The second-order valence-electron chi connectivity index (χ2n) is 5.67. The van der Waals surface area contributed by atoms with Crippen LogP contribution in [0.5, 0.6) is 0 Å². The minimum atomic E-state index is -0.343. The molecule has 1 N–H and O–H groups in total. The maximum atomic E-state index is 13.1. The first-order chi connectivity index (χ1) is 11.2. The molecule has 1 saturated heterocycles. The van der Waals surface area contributed by atoms with E-state index in [1.807, 2.05) is 0 Å². The molecule has 0 radical (unpaired) electrons. The summed E-state index contributed by atoms with van der Waals surface area (Å²) in [5, 5.41) is 2.74. The van der Waals surface area contributed by atoms with Crippen LogP contribution < -0.4 is 10.2 Å². The molecule has 0 saturated carbocycles. The van der Waals surface area contributed by atoms with Crippen LogP contribution in [0.15, 0.2) is 36.7 Å². The summed E-state index contributed by atoms with van der Waals surface area (Å²) in [4.78, 5) is 22.8. The second kappa shape index (κ2) is 7.17. The van der Waals surface area contributed by atoms with E-state index in [9.17, 15) is 9.18 Å². The maximum Gasteiger partial charge on any atom is 0.228 e. The van der Waals surface area contributed by atoms with Crippen molar-refractivity contribution < 1.29 is 9.18 Å². The van der Waals surface area contributed by atoms with Crippen LogP contribution in [0.4, 0.5) is 16.0 Å². The number of halogens is 1. The Hall–Kier alpha value is -2.50. The fourth-order valence-electron chi connectivity index (χ4n) is 2.68. The molecule has 2 aromatic rings. The van der Waals surface area contributed by atoms with Gasteiger partial charge in [-0.25, -0.2) is 14.4 Å². The van der Waals surface area contributed by atoms with Crippen molar-refractivity contribution in [2.45, 2.75) is 25.7 Å². The molecule has 6 heteroatoms. The Morgan fingerprint density at radius 3 is 2.61 bits per heavy atom. The van der Waals surface area contributed by atoms with Gasteiger partial charge in [0.25, 0.3) is 0 Å². The topological polar surface area (TPSA) is 58.1 Å². The van der Waals surface area contributed by atoms with Crippen molar-refractivity contribution in [2.24, 2.45) is 0 Å². The first-order valence-corrected chi connectivity index (χ1v) is 7.82. The number of hydrogen-bond acceptors (Lipinski definition) is 4. The number of nitrogens with one attached hydrogen (secondary N) is 1. The number of aromatic nitrogens is 2. The van der Waals surface area contributed by atoms with Gasteiger partial charge in [-0.15, -0.1) is 0 Å². The van der Waals surface area contributed by atoms with Gasteiger partial charge in [-0.2, -0.15) is 0 Å². The summed E-state index contributed by atoms with van der Waals surface area (Å²) in [5.74, 6) is 0.141. The summed E-state index contributed by atoms with van der Waals surface area (Å²) in [6, 6.07) is 6.02. The van der Waals surface area contributed by atoms with Crippen molar-refractivity contribution in [3.8, 4) is 0 Å². The van der Waals surface area contributed by atoms with Crippen LogP contribution in [-0.4, -0.2) is 29.0 Å². The Morgan fingerprint density at radius 2 is 1.91 bits per heavy atom. The molecule has 3 rings (SSSR count). The largest absolute Gasteiger partial charge is 0.341 e. The second-order valence-corrected chi connectivity index (χ2v) is 5.67. The molecule has 0 bridgehead atoms. The van der Waals surface area contributed by atoms with Crippen molar-refractivity contribution in [3.05, 3.63) is 48.0 Å². The first kappa shape index (κ1) is 15.4. The number of piperidine rings is 1. The number of nitrogens with zero attached hydrogens (tertiary/aromatic N) is 3. The molecule has 1 aromatic heterocycles. The molecule has 1 fully saturated rings. The monoisotopic (exact) mass is 314 g/mol. The van der Waals surface area contributed by atoms with Gasteiger partial charge in [0.05, 0.1) is 24.5 Å². The molecule has 120 valence electrons. The molecule has 1 aromatic carbocycles. The van der Waals surface area contributed by atoms with Crippen molar-refractivity contribution >= 4 is 17.5 Å². The van der Waals surface area contributed by atoms with Gasteiger partial charge in [0.2, 0.25) is 11.9 Å². The van der Waals surface area contributed by atoms with E-state index in [2.05, 4.69) is 20.2 Å². The molecule has 0 atom stereocenters. The predicted molar refractivity (Wildman–Crippen MR) is 86.8 cm³/mol. The van der Waals surface area contributed by atoms with Crippen molar-refractivity contribution in [1.82, 2.24) is 9.97 Å². The Morgan fingerprint density at radius 1 is 1.17 bits per heavy atom. The fraction of sp³-hybridized carbons (Fsp3) is 0.353. The highest BCUT2D eigenvalue weighted by atomic mass is 19.1. The number of benzene rings is 1. The summed E-state index contributed by atoms with van der Waals surface area (Å²) in [5.41, 5.74) is 1.18. The molecule has 1 aliphatic heterocycles. The third-order valence-electron chi connectivity index (χ3n) is 3.81. The van der Waals surface area contributed by atoms with Gasteiger partial charge < -0.3 is 10.2 Å². The molecule has 2 heterocycles. The van der Waals surface area contributed by atoms with Crippen molar-refractivity contribution in [1.29, 1.82) is 0 Å². The summed E-state index contributed by atoms with van der Waals surface area (Å²) in [6.07, 6.45) is 6.92. The lowest BCUT2D eigenvalue weighted by molar-refractivity contribution is -0.115. The van der Waals surface area contributed by atoms with Crippen LogP contribution in [-0.2, 0) is 11.2 Å². The summed E-state index contributed by atoms with van der Waals surface area (Å²) in [7, 11) is 0. The highest BCUT2D eigenvalue weighted by Gasteiger charge is 2.13. The standard InChI is InChI=1S/C17H19FN4O/c18-14-6-4-5-13(9-14)10-16(23)21-15-11-19-17(20-12-15)22-7-2-1-3-8-22/h4-6,9,11-12H,1-3,7-8,10H2,(H,21,23). The lowest BCUT2D eigenvalue weighted by Gasteiger charge is -2.26. The summed E-state index contributed by atoms with van der Waals surface area (Å²) < 4.78 is 13.1. The Kier molecular flexibility index (Phi) is 4.80. The lowest BCUT2D eigenvalue weighted by atomic mass is 10.1. The molecule has 1 aliphatic rings. The van der Waals surface area contributed by atoms with Gasteiger partial charge in [0.1, 0.15) is 5.82 Å². The third-order valence-corrected chi connectivity index (χ3v) is 3.81. The number of carbonyl (C=O) groups is 1. The quantitative estimate of drug-likeness (QED) is 0.943.